The van der Waals surface area contributed by atoms with Gasteiger partial charge < -0.3 is 19.5 Å². The van der Waals surface area contributed by atoms with Crippen LogP contribution in [0.1, 0.15) is 54.4 Å². The second-order valence-electron chi connectivity index (χ2n) is 9.27. The second-order valence-corrected chi connectivity index (χ2v) is 11.0. The van der Waals surface area contributed by atoms with Crippen LogP contribution in [0.5, 0.6) is 11.5 Å². The molecule has 1 aliphatic carbocycles. The number of sulfonamides is 1. The van der Waals surface area contributed by atoms with Crippen LogP contribution in [0.3, 0.4) is 0 Å². The zero-order valence-corrected chi connectivity index (χ0v) is 19.9. The second kappa shape index (κ2) is 9.56. The smallest absolute Gasteiger partial charge is 0.251 e. The highest BCUT2D eigenvalue weighted by Crippen LogP contribution is 2.40. The lowest BCUT2D eigenvalue weighted by Gasteiger charge is -2.38. The van der Waals surface area contributed by atoms with Crippen molar-refractivity contribution in [3.8, 4) is 11.5 Å². The van der Waals surface area contributed by atoms with E-state index in [4.69, 9.17) is 14.2 Å². The number of carbonyl (C=O) groups is 1. The number of ether oxygens (including phenoxy) is 3. The van der Waals surface area contributed by atoms with Gasteiger partial charge in [0.2, 0.25) is 16.8 Å². The van der Waals surface area contributed by atoms with E-state index in [1.54, 1.807) is 12.1 Å². The summed E-state index contributed by atoms with van der Waals surface area (Å²) in [5, 5.41) is 3.05. The SMILES string of the molecule is O=C(NCC1(c2ccc3c(c2)OCO3)CCOCC1)c1cccc(S(=O)(=O)NC2CCCC2)c1. The number of hydrogen-bond donors (Lipinski definition) is 2. The van der Waals surface area contributed by atoms with Crippen molar-refractivity contribution < 1.29 is 27.4 Å². The van der Waals surface area contributed by atoms with Crippen LogP contribution in [0.4, 0.5) is 0 Å². The van der Waals surface area contributed by atoms with Crippen LogP contribution in [-0.4, -0.2) is 46.9 Å². The average molecular weight is 487 g/mol. The predicted molar refractivity (Wildman–Crippen MR) is 126 cm³/mol. The van der Waals surface area contributed by atoms with Crippen molar-refractivity contribution in [3.05, 3.63) is 53.6 Å². The van der Waals surface area contributed by atoms with E-state index in [0.29, 0.717) is 31.1 Å². The third kappa shape index (κ3) is 4.78. The average Bonchev–Trinajstić information content (AvgIpc) is 3.54. The summed E-state index contributed by atoms with van der Waals surface area (Å²) in [4.78, 5) is 13.2. The lowest BCUT2D eigenvalue weighted by atomic mass is 9.74. The molecule has 8 nitrogen and oxygen atoms in total. The van der Waals surface area contributed by atoms with Gasteiger partial charge in [-0.2, -0.15) is 0 Å². The van der Waals surface area contributed by atoms with Gasteiger partial charge in [-0.25, -0.2) is 13.1 Å². The van der Waals surface area contributed by atoms with E-state index >= 15 is 0 Å². The van der Waals surface area contributed by atoms with Gasteiger partial charge in [-0.15, -0.1) is 0 Å². The molecule has 0 radical (unpaired) electrons. The number of fused-ring (bicyclic) bond motifs is 1. The van der Waals surface area contributed by atoms with Crippen molar-refractivity contribution in [2.75, 3.05) is 26.6 Å². The van der Waals surface area contributed by atoms with E-state index in [-0.39, 0.29) is 29.1 Å². The highest BCUT2D eigenvalue weighted by molar-refractivity contribution is 7.89. The molecule has 1 saturated carbocycles. The van der Waals surface area contributed by atoms with Gasteiger partial charge in [0, 0.05) is 36.8 Å². The Bertz CT molecular complexity index is 1150. The Morgan fingerprint density at radius 1 is 1.00 bits per heavy atom. The Hall–Kier alpha value is -2.62. The zero-order valence-electron chi connectivity index (χ0n) is 19.0. The molecule has 0 bridgehead atoms. The van der Waals surface area contributed by atoms with Crippen molar-refractivity contribution in [1.29, 1.82) is 0 Å². The van der Waals surface area contributed by atoms with Crippen LogP contribution in [-0.2, 0) is 20.2 Å². The summed E-state index contributed by atoms with van der Waals surface area (Å²) in [6.07, 6.45) is 5.28. The minimum atomic E-state index is -3.67. The van der Waals surface area contributed by atoms with E-state index in [9.17, 15) is 13.2 Å². The van der Waals surface area contributed by atoms with Crippen molar-refractivity contribution in [3.63, 3.8) is 0 Å². The molecule has 0 spiro atoms. The molecule has 182 valence electrons. The van der Waals surface area contributed by atoms with Crippen molar-refractivity contribution in [2.24, 2.45) is 0 Å². The fourth-order valence-electron chi connectivity index (χ4n) is 5.04. The van der Waals surface area contributed by atoms with Gasteiger partial charge in [0.1, 0.15) is 0 Å². The van der Waals surface area contributed by atoms with Gasteiger partial charge in [0.05, 0.1) is 4.90 Å². The summed E-state index contributed by atoms with van der Waals surface area (Å²) in [5.74, 6) is 1.13. The molecule has 0 unspecified atom stereocenters. The molecule has 2 aromatic carbocycles. The minimum Gasteiger partial charge on any atom is -0.454 e. The van der Waals surface area contributed by atoms with Gasteiger partial charge in [0.15, 0.2) is 11.5 Å². The van der Waals surface area contributed by atoms with Gasteiger partial charge in [-0.05, 0) is 61.6 Å². The van der Waals surface area contributed by atoms with Crippen molar-refractivity contribution in [2.45, 2.75) is 54.9 Å². The summed E-state index contributed by atoms with van der Waals surface area (Å²) in [6.45, 7) is 1.82. The minimum absolute atomic E-state index is 0.0300. The highest BCUT2D eigenvalue weighted by Gasteiger charge is 2.36. The molecular weight excluding hydrogens is 456 g/mol. The topological polar surface area (TPSA) is 103 Å². The first-order valence-corrected chi connectivity index (χ1v) is 13.3. The van der Waals surface area contributed by atoms with E-state index in [0.717, 1.165) is 49.8 Å². The van der Waals surface area contributed by atoms with Gasteiger partial charge in [-0.1, -0.05) is 25.0 Å². The van der Waals surface area contributed by atoms with Gasteiger partial charge >= 0.3 is 0 Å². The molecule has 2 aromatic rings. The van der Waals surface area contributed by atoms with Crippen LogP contribution >= 0.6 is 0 Å². The summed E-state index contributed by atoms with van der Waals surface area (Å²) in [5.41, 5.74) is 1.09. The Kier molecular flexibility index (Phi) is 6.50. The summed E-state index contributed by atoms with van der Waals surface area (Å²) >= 11 is 0. The molecule has 2 N–H and O–H groups in total. The number of nitrogens with one attached hydrogen (secondary N) is 2. The monoisotopic (exact) mass is 486 g/mol. The molecule has 1 saturated heterocycles. The molecule has 2 aliphatic heterocycles. The summed E-state index contributed by atoms with van der Waals surface area (Å²) in [7, 11) is -3.67. The van der Waals surface area contributed by atoms with Crippen molar-refractivity contribution >= 4 is 15.9 Å². The fourth-order valence-corrected chi connectivity index (χ4v) is 6.39. The Morgan fingerprint density at radius 2 is 1.76 bits per heavy atom. The molecule has 2 fully saturated rings. The van der Waals surface area contributed by atoms with Crippen molar-refractivity contribution in [1.82, 2.24) is 10.0 Å². The maximum absolute atomic E-state index is 13.1. The largest absolute Gasteiger partial charge is 0.454 e. The quantitative estimate of drug-likeness (QED) is 0.624. The summed E-state index contributed by atoms with van der Waals surface area (Å²) < 4.78 is 45.0. The number of carbonyl (C=O) groups excluding carboxylic acids is 1. The highest BCUT2D eigenvalue weighted by atomic mass is 32.2. The third-order valence-corrected chi connectivity index (χ3v) is 8.62. The zero-order chi connectivity index (χ0) is 23.6. The van der Waals surface area contributed by atoms with Gasteiger partial charge in [-0.3, -0.25) is 4.79 Å². The molecule has 5 rings (SSSR count). The first-order valence-electron chi connectivity index (χ1n) is 11.8. The van der Waals surface area contributed by atoms with E-state index < -0.39 is 10.0 Å². The third-order valence-electron chi connectivity index (χ3n) is 7.11. The number of amides is 1. The van der Waals surface area contributed by atoms with Crippen LogP contribution in [0.25, 0.3) is 0 Å². The number of benzene rings is 2. The Balaban J connectivity index is 1.32. The summed E-state index contributed by atoms with van der Waals surface area (Å²) in [6, 6.07) is 12.1. The molecular formula is C25H30N2O6S. The van der Waals surface area contributed by atoms with Crippen LogP contribution in [0, 0.1) is 0 Å². The number of rotatable bonds is 7. The number of hydrogen-bond acceptors (Lipinski definition) is 6. The fraction of sp³-hybridized carbons (Fsp3) is 0.480. The predicted octanol–water partition coefficient (Wildman–Crippen LogP) is 3.11. The maximum atomic E-state index is 13.1. The van der Waals surface area contributed by atoms with E-state index in [1.165, 1.54) is 12.1 Å². The molecule has 0 aromatic heterocycles. The molecule has 34 heavy (non-hydrogen) atoms. The normalized spacial score (nSPS) is 19.8. The molecule has 0 atom stereocenters. The lowest BCUT2D eigenvalue weighted by Crippen LogP contribution is -2.44. The van der Waals surface area contributed by atoms with E-state index in [2.05, 4.69) is 10.0 Å². The Morgan fingerprint density at radius 3 is 2.56 bits per heavy atom. The lowest BCUT2D eigenvalue weighted by molar-refractivity contribution is 0.0486. The van der Waals surface area contributed by atoms with Crippen LogP contribution < -0.4 is 19.5 Å². The molecule has 1 amide bonds. The maximum Gasteiger partial charge on any atom is 0.251 e. The first kappa shape index (κ1) is 23.1. The van der Waals surface area contributed by atoms with Crippen LogP contribution in [0.15, 0.2) is 47.4 Å². The van der Waals surface area contributed by atoms with E-state index in [1.807, 2.05) is 18.2 Å². The standard InChI is InChI=1S/C25H30N2O6S/c28-24(18-4-3-7-21(14-18)34(29,30)27-20-5-1-2-6-20)26-16-25(10-12-31-13-11-25)19-8-9-22-23(15-19)33-17-32-22/h3-4,7-9,14-15,20,27H,1-2,5-6,10-13,16-17H2,(H,26,28). The Labute approximate surface area is 200 Å². The van der Waals surface area contributed by atoms with Crippen LogP contribution in [0.2, 0.25) is 0 Å². The van der Waals surface area contributed by atoms with Gasteiger partial charge in [0.25, 0.3) is 5.91 Å². The first-order chi connectivity index (χ1) is 16.5. The molecule has 2 heterocycles. The molecule has 3 aliphatic rings. The molecule has 9 heteroatoms.